The van der Waals surface area contributed by atoms with Crippen LogP contribution in [0.15, 0.2) is 35.5 Å². The van der Waals surface area contributed by atoms with Gasteiger partial charge < -0.3 is 18.3 Å². The Balaban J connectivity index is 1.35. The molecule has 5 fully saturated rings. The third kappa shape index (κ3) is 11.2. The maximum absolute atomic E-state index is 13.8. The van der Waals surface area contributed by atoms with Crippen molar-refractivity contribution < 1.29 is 23.1 Å². The highest BCUT2D eigenvalue weighted by molar-refractivity contribution is 6.74. The van der Waals surface area contributed by atoms with Gasteiger partial charge in [0.1, 0.15) is 5.78 Å². The van der Waals surface area contributed by atoms with Crippen molar-refractivity contribution in [1.29, 1.82) is 0 Å². The van der Waals surface area contributed by atoms with Gasteiger partial charge in [-0.15, -0.1) is 0 Å². The number of rotatable bonds is 16. The van der Waals surface area contributed by atoms with Crippen LogP contribution in [-0.2, 0) is 23.1 Å². The number of allylic oxidation sites excluding steroid dienone is 4. The SMILES string of the molecule is CCCCCC(=O)C1(C(/C=C/C(C)(C)[C@H]2CC[C@H]3/C(=C/C=C4C[C@@H](O[Si](C)(C)C(C)(C)C)C[C@H](O[Si](C)(C)C(C)(C)C)C4)CCC[C@]23C)OC2CCCCO2)CC1. The van der Waals surface area contributed by atoms with Crippen LogP contribution in [0.3, 0.4) is 0 Å². The topological polar surface area (TPSA) is 54.0 Å². The number of ether oxygens (including phenoxy) is 2. The van der Waals surface area contributed by atoms with Crippen LogP contribution in [0.5, 0.6) is 0 Å². The van der Waals surface area contributed by atoms with E-state index in [0.717, 1.165) is 77.2 Å². The highest BCUT2D eigenvalue weighted by Gasteiger charge is 2.57. The second-order valence-electron chi connectivity index (χ2n) is 23.3. The van der Waals surface area contributed by atoms with E-state index in [1.165, 1.54) is 37.7 Å². The van der Waals surface area contributed by atoms with E-state index in [1.807, 2.05) is 0 Å². The molecule has 326 valence electrons. The van der Waals surface area contributed by atoms with Gasteiger partial charge >= 0.3 is 0 Å². The van der Waals surface area contributed by atoms with Crippen LogP contribution >= 0.6 is 0 Å². The minimum atomic E-state index is -1.92. The molecular weight excluding hydrogens is 737 g/mol. The summed E-state index contributed by atoms with van der Waals surface area (Å²) in [6.07, 6.45) is 28.2. The fourth-order valence-corrected chi connectivity index (χ4v) is 13.5. The lowest BCUT2D eigenvalue weighted by molar-refractivity contribution is -0.191. The Morgan fingerprint density at radius 3 is 2.02 bits per heavy atom. The molecule has 0 aromatic carbocycles. The smallest absolute Gasteiger partial charge is 0.192 e. The summed E-state index contributed by atoms with van der Waals surface area (Å²) >= 11 is 0. The van der Waals surface area contributed by atoms with Gasteiger partial charge in [-0.3, -0.25) is 4.79 Å². The molecule has 0 bridgehead atoms. The first-order chi connectivity index (χ1) is 26.4. The zero-order valence-electron chi connectivity index (χ0n) is 39.5. The molecule has 0 aromatic heterocycles. The van der Waals surface area contributed by atoms with E-state index < -0.39 is 16.6 Å². The average Bonchev–Trinajstić information content (AvgIpc) is 3.83. The van der Waals surface area contributed by atoms with Crippen molar-refractivity contribution in [1.82, 2.24) is 0 Å². The van der Waals surface area contributed by atoms with E-state index in [0.29, 0.717) is 24.0 Å². The molecule has 4 aliphatic carbocycles. The van der Waals surface area contributed by atoms with Crippen LogP contribution in [0.4, 0.5) is 0 Å². The molecule has 5 rings (SSSR count). The van der Waals surface area contributed by atoms with E-state index >= 15 is 0 Å². The van der Waals surface area contributed by atoms with Crippen molar-refractivity contribution in [3.8, 4) is 0 Å². The van der Waals surface area contributed by atoms with E-state index in [4.69, 9.17) is 18.3 Å². The lowest BCUT2D eigenvalue weighted by atomic mass is 9.57. The fourth-order valence-electron chi connectivity index (χ4n) is 10.8. The average molecular weight is 825 g/mol. The minimum Gasteiger partial charge on any atom is -0.414 e. The highest BCUT2D eigenvalue weighted by Crippen LogP contribution is 2.63. The Labute approximate surface area is 353 Å². The number of Topliss-reactive ketones (excluding diaryl/α,β-unsaturated/α-hetero) is 1. The molecule has 5 nitrogen and oxygen atoms in total. The number of fused-ring (bicyclic) bond motifs is 1. The maximum Gasteiger partial charge on any atom is 0.192 e. The molecule has 0 aromatic rings. The van der Waals surface area contributed by atoms with Crippen LogP contribution in [0, 0.1) is 28.1 Å². The van der Waals surface area contributed by atoms with Crippen LogP contribution in [-0.4, -0.2) is 53.6 Å². The molecule has 7 atom stereocenters. The van der Waals surface area contributed by atoms with Gasteiger partial charge in [-0.05, 0) is 149 Å². The molecule has 7 heteroatoms. The molecular formula is C50H88O5Si2. The van der Waals surface area contributed by atoms with Gasteiger partial charge in [-0.1, -0.05) is 118 Å². The van der Waals surface area contributed by atoms with Gasteiger partial charge in [0.25, 0.3) is 0 Å². The molecule has 0 spiro atoms. The van der Waals surface area contributed by atoms with Crippen molar-refractivity contribution in [2.45, 2.75) is 239 Å². The lowest BCUT2D eigenvalue weighted by Crippen LogP contribution is -2.48. The van der Waals surface area contributed by atoms with Gasteiger partial charge in [-0.2, -0.15) is 0 Å². The minimum absolute atomic E-state index is 0.00717. The first kappa shape index (κ1) is 47.2. The Morgan fingerprint density at radius 2 is 1.47 bits per heavy atom. The zero-order chi connectivity index (χ0) is 42.1. The molecule has 5 aliphatic rings. The summed E-state index contributed by atoms with van der Waals surface area (Å²) in [5, 5.41) is 0.368. The van der Waals surface area contributed by atoms with E-state index in [2.05, 4.69) is 120 Å². The summed E-state index contributed by atoms with van der Waals surface area (Å²) in [7, 11) is -3.85. The maximum atomic E-state index is 13.8. The van der Waals surface area contributed by atoms with Crippen LogP contribution in [0.25, 0.3) is 0 Å². The van der Waals surface area contributed by atoms with E-state index in [9.17, 15) is 4.79 Å². The van der Waals surface area contributed by atoms with Crippen molar-refractivity contribution >= 4 is 22.4 Å². The summed E-state index contributed by atoms with van der Waals surface area (Å²) in [4.78, 5) is 13.8. The van der Waals surface area contributed by atoms with Crippen molar-refractivity contribution in [2.75, 3.05) is 6.61 Å². The Morgan fingerprint density at radius 1 is 0.842 bits per heavy atom. The first-order valence-corrected chi connectivity index (χ1v) is 29.5. The van der Waals surface area contributed by atoms with Crippen LogP contribution in [0.1, 0.15) is 178 Å². The Hall–Kier alpha value is -0.836. The number of ketones is 1. The van der Waals surface area contributed by atoms with Gasteiger partial charge in [0, 0.05) is 13.0 Å². The summed E-state index contributed by atoms with van der Waals surface area (Å²) in [6.45, 7) is 34.3. The third-order valence-electron chi connectivity index (χ3n) is 16.5. The number of hydrogen-bond donors (Lipinski definition) is 0. The lowest BCUT2D eigenvalue weighted by Gasteiger charge is -2.47. The normalized spacial score (nSPS) is 31.4. The number of carbonyl (C=O) groups excluding carboxylic acids is 1. The van der Waals surface area contributed by atoms with Gasteiger partial charge in [0.15, 0.2) is 22.9 Å². The van der Waals surface area contributed by atoms with Gasteiger partial charge in [0.05, 0.1) is 23.7 Å². The van der Waals surface area contributed by atoms with E-state index in [-0.39, 0.29) is 50.9 Å². The van der Waals surface area contributed by atoms with Gasteiger partial charge in [0.2, 0.25) is 0 Å². The largest absolute Gasteiger partial charge is 0.414 e. The summed E-state index contributed by atoms with van der Waals surface area (Å²) in [5.74, 6) is 1.60. The first-order valence-electron chi connectivity index (χ1n) is 23.7. The van der Waals surface area contributed by atoms with Crippen molar-refractivity contribution in [3.63, 3.8) is 0 Å². The van der Waals surface area contributed by atoms with Crippen LogP contribution in [0.2, 0.25) is 36.3 Å². The second kappa shape index (κ2) is 18.3. The number of carbonyl (C=O) groups is 1. The fraction of sp³-hybridized carbons (Fsp3) is 0.860. The molecule has 1 saturated heterocycles. The summed E-state index contributed by atoms with van der Waals surface area (Å²) in [5.41, 5.74) is 3.06. The molecule has 1 heterocycles. The summed E-state index contributed by atoms with van der Waals surface area (Å²) in [6, 6.07) is 0. The molecule has 0 N–H and O–H groups in total. The van der Waals surface area contributed by atoms with Crippen molar-refractivity contribution in [3.05, 3.63) is 35.5 Å². The molecule has 0 radical (unpaired) electrons. The number of unbranched alkanes of at least 4 members (excludes halogenated alkanes) is 2. The highest BCUT2D eigenvalue weighted by atomic mass is 28.4. The molecule has 1 aliphatic heterocycles. The van der Waals surface area contributed by atoms with Gasteiger partial charge in [-0.25, -0.2) is 0 Å². The van der Waals surface area contributed by atoms with Crippen molar-refractivity contribution in [2.24, 2.45) is 28.1 Å². The molecule has 4 saturated carbocycles. The Kier molecular flexibility index (Phi) is 15.1. The number of hydrogen-bond acceptors (Lipinski definition) is 5. The predicted octanol–water partition coefficient (Wildman–Crippen LogP) is 14.4. The van der Waals surface area contributed by atoms with E-state index in [1.54, 1.807) is 5.57 Å². The standard InChI is InChI=1S/C50H88O5Si2/c1-15-16-17-22-43(51)50(31-32-50)44(53-45-23-18-19-33-52-45)28-30-48(8,9)42-27-26-41-38(21-20-29-49(41,42)10)25-24-37-34-39(54-56(11,12)46(2,3)4)36-40(35-37)55-57(13,14)47(5,6)7/h24-25,28,30,39-42,44-45H,15-23,26-27,29,31-36H2,1-14H3/b30-28+,38-25+/t39-,40-,41+,42-,44?,45?,49+/m1/s1. The summed E-state index contributed by atoms with van der Waals surface area (Å²) < 4.78 is 27.2. The quantitative estimate of drug-likeness (QED) is 0.0881. The molecule has 57 heavy (non-hydrogen) atoms. The molecule has 0 amide bonds. The monoisotopic (exact) mass is 825 g/mol. The third-order valence-corrected chi connectivity index (χ3v) is 25.5. The predicted molar refractivity (Wildman–Crippen MR) is 245 cm³/mol. The Bertz CT molecular complexity index is 1410. The second-order valence-corrected chi connectivity index (χ2v) is 32.8. The zero-order valence-corrected chi connectivity index (χ0v) is 41.5. The molecule has 2 unspecified atom stereocenters. The van der Waals surface area contributed by atoms with Crippen LogP contribution < -0.4 is 0 Å².